The van der Waals surface area contributed by atoms with Crippen LogP contribution < -0.4 is 0 Å². The smallest absolute Gasteiger partial charge is 0.305 e. The van der Waals surface area contributed by atoms with E-state index < -0.39 is 6.10 Å². The summed E-state index contributed by atoms with van der Waals surface area (Å²) < 4.78 is 5.34. The lowest BCUT2D eigenvalue weighted by Gasteiger charge is -2.06. The first kappa shape index (κ1) is 29.4. The number of aliphatic hydroxyl groups is 2. The zero-order chi connectivity index (χ0) is 22.1. The first-order chi connectivity index (χ1) is 14.7. The molecule has 0 aromatic heterocycles. The molecule has 180 valence electrons. The van der Waals surface area contributed by atoms with Gasteiger partial charge in [-0.15, -0.1) is 0 Å². The van der Waals surface area contributed by atoms with Gasteiger partial charge in [0.05, 0.1) is 19.3 Å². The van der Waals surface area contributed by atoms with E-state index in [1.165, 1.54) is 89.9 Å². The maximum atomic E-state index is 11.7. The topological polar surface area (TPSA) is 66.8 Å². The van der Waals surface area contributed by atoms with Crippen molar-refractivity contribution >= 4 is 5.97 Å². The summed E-state index contributed by atoms with van der Waals surface area (Å²) in [5.74, 6) is -0.00977. The van der Waals surface area contributed by atoms with E-state index in [4.69, 9.17) is 9.84 Å². The molecule has 0 aliphatic rings. The lowest BCUT2D eigenvalue weighted by Crippen LogP contribution is -2.10. The maximum Gasteiger partial charge on any atom is 0.305 e. The number of unbranched alkanes of at least 4 members (excludes halogenated alkanes) is 17. The van der Waals surface area contributed by atoms with Gasteiger partial charge < -0.3 is 14.9 Å². The van der Waals surface area contributed by atoms with Gasteiger partial charge >= 0.3 is 5.97 Å². The summed E-state index contributed by atoms with van der Waals surface area (Å²) in [4.78, 5) is 11.7. The van der Waals surface area contributed by atoms with E-state index in [9.17, 15) is 9.90 Å². The second-order valence-electron chi connectivity index (χ2n) is 8.96. The summed E-state index contributed by atoms with van der Waals surface area (Å²) in [5.41, 5.74) is 0. The lowest BCUT2D eigenvalue weighted by atomic mass is 10.0. The van der Waals surface area contributed by atoms with Crippen LogP contribution in [0.4, 0.5) is 0 Å². The minimum absolute atomic E-state index is 0.00977. The highest BCUT2D eigenvalue weighted by Gasteiger charge is 2.03. The van der Waals surface area contributed by atoms with Crippen molar-refractivity contribution in [2.24, 2.45) is 0 Å². The van der Waals surface area contributed by atoms with Gasteiger partial charge in [-0.2, -0.15) is 0 Å². The Morgan fingerprint density at radius 2 is 1.10 bits per heavy atom. The fourth-order valence-corrected chi connectivity index (χ4v) is 3.83. The van der Waals surface area contributed by atoms with E-state index in [1.807, 2.05) is 0 Å². The third-order valence-corrected chi connectivity index (χ3v) is 5.89. The summed E-state index contributed by atoms with van der Waals surface area (Å²) >= 11 is 0. The maximum absolute atomic E-state index is 11.7. The summed E-state index contributed by atoms with van der Waals surface area (Å²) in [5, 5.41) is 18.0. The quantitative estimate of drug-likeness (QED) is 0.127. The molecular weight excluding hydrogens is 376 g/mol. The van der Waals surface area contributed by atoms with E-state index in [0.717, 1.165) is 38.5 Å². The molecule has 0 bridgehead atoms. The van der Waals surface area contributed by atoms with Crippen LogP contribution in [0.25, 0.3) is 0 Å². The molecule has 4 heteroatoms. The summed E-state index contributed by atoms with van der Waals surface area (Å²) in [6.45, 7) is 2.74. The van der Waals surface area contributed by atoms with E-state index in [0.29, 0.717) is 13.0 Å². The zero-order valence-corrected chi connectivity index (χ0v) is 20.1. The van der Waals surface area contributed by atoms with Crippen LogP contribution in [0.1, 0.15) is 142 Å². The SMILES string of the molecule is CCCCCCCCCCOC(=O)CCCCCCCCCCCCCC(O)CO. The molecule has 0 aromatic rings. The van der Waals surface area contributed by atoms with Crippen LogP contribution in [0.3, 0.4) is 0 Å². The number of carbonyl (C=O) groups excluding carboxylic acids is 1. The third-order valence-electron chi connectivity index (χ3n) is 5.89. The predicted molar refractivity (Wildman–Crippen MR) is 127 cm³/mol. The largest absolute Gasteiger partial charge is 0.466 e. The first-order valence-electron chi connectivity index (χ1n) is 13.1. The summed E-state index contributed by atoms with van der Waals surface area (Å²) in [6, 6.07) is 0. The molecule has 0 spiro atoms. The monoisotopic (exact) mass is 428 g/mol. The lowest BCUT2D eigenvalue weighted by molar-refractivity contribution is -0.143. The Morgan fingerprint density at radius 3 is 1.60 bits per heavy atom. The molecule has 2 N–H and O–H groups in total. The van der Waals surface area contributed by atoms with E-state index >= 15 is 0 Å². The van der Waals surface area contributed by atoms with Crippen molar-refractivity contribution in [1.29, 1.82) is 0 Å². The van der Waals surface area contributed by atoms with Gasteiger partial charge in [0.25, 0.3) is 0 Å². The van der Waals surface area contributed by atoms with Crippen molar-refractivity contribution in [3.63, 3.8) is 0 Å². The van der Waals surface area contributed by atoms with Crippen LogP contribution in [0.2, 0.25) is 0 Å². The van der Waals surface area contributed by atoms with Crippen molar-refractivity contribution in [2.45, 2.75) is 148 Å². The van der Waals surface area contributed by atoms with Crippen LogP contribution in [-0.2, 0) is 9.53 Å². The van der Waals surface area contributed by atoms with Gasteiger partial charge in [0, 0.05) is 6.42 Å². The molecule has 0 saturated heterocycles. The van der Waals surface area contributed by atoms with Gasteiger partial charge in [0.15, 0.2) is 0 Å². The number of ether oxygens (including phenoxy) is 1. The average molecular weight is 429 g/mol. The Morgan fingerprint density at radius 1 is 0.667 bits per heavy atom. The second-order valence-corrected chi connectivity index (χ2v) is 8.96. The number of carbonyl (C=O) groups is 1. The average Bonchev–Trinajstić information content (AvgIpc) is 2.75. The van der Waals surface area contributed by atoms with Gasteiger partial charge in [-0.05, 0) is 19.3 Å². The molecule has 0 fully saturated rings. The van der Waals surface area contributed by atoms with Crippen LogP contribution in [0.15, 0.2) is 0 Å². The number of rotatable bonds is 24. The van der Waals surface area contributed by atoms with Gasteiger partial charge in [-0.1, -0.05) is 116 Å². The molecule has 0 radical (unpaired) electrons. The minimum atomic E-state index is -0.526. The van der Waals surface area contributed by atoms with E-state index in [-0.39, 0.29) is 12.6 Å². The molecule has 30 heavy (non-hydrogen) atoms. The van der Waals surface area contributed by atoms with E-state index in [1.54, 1.807) is 0 Å². The molecule has 4 nitrogen and oxygen atoms in total. The molecule has 0 saturated carbocycles. The van der Waals surface area contributed by atoms with Crippen LogP contribution >= 0.6 is 0 Å². The molecule has 0 heterocycles. The minimum Gasteiger partial charge on any atom is -0.466 e. The fourth-order valence-electron chi connectivity index (χ4n) is 3.83. The predicted octanol–water partition coefficient (Wildman–Crippen LogP) is 7.09. The Labute approximate surface area is 187 Å². The number of aliphatic hydroxyl groups excluding tert-OH is 2. The van der Waals surface area contributed by atoms with Gasteiger partial charge in [-0.3, -0.25) is 4.79 Å². The Kier molecular flexibility index (Phi) is 24.2. The fraction of sp³-hybridized carbons (Fsp3) is 0.962. The molecular formula is C26H52O4. The number of hydrogen-bond donors (Lipinski definition) is 2. The molecule has 1 unspecified atom stereocenters. The normalized spacial score (nSPS) is 12.2. The van der Waals surface area contributed by atoms with Crippen molar-refractivity contribution in [3.05, 3.63) is 0 Å². The Balaban J connectivity index is 3.16. The standard InChI is InChI=1S/C26H52O4/c1-2-3-4-5-6-14-17-20-23-30-26(29)22-19-16-13-11-9-7-8-10-12-15-18-21-25(28)24-27/h25,27-28H,2-24H2,1H3. The molecule has 0 aliphatic heterocycles. The molecule has 1 atom stereocenters. The Bertz CT molecular complexity index is 346. The van der Waals surface area contributed by atoms with Crippen molar-refractivity contribution in [3.8, 4) is 0 Å². The molecule has 0 rings (SSSR count). The van der Waals surface area contributed by atoms with Gasteiger partial charge in [0.1, 0.15) is 0 Å². The van der Waals surface area contributed by atoms with Crippen LogP contribution in [0, 0.1) is 0 Å². The van der Waals surface area contributed by atoms with Crippen LogP contribution in [-0.4, -0.2) is 35.5 Å². The van der Waals surface area contributed by atoms with Crippen molar-refractivity contribution < 1.29 is 19.7 Å². The van der Waals surface area contributed by atoms with Crippen molar-refractivity contribution in [2.75, 3.05) is 13.2 Å². The van der Waals surface area contributed by atoms with Gasteiger partial charge in [-0.25, -0.2) is 0 Å². The van der Waals surface area contributed by atoms with Crippen molar-refractivity contribution in [1.82, 2.24) is 0 Å². The van der Waals surface area contributed by atoms with Crippen LogP contribution in [0.5, 0.6) is 0 Å². The highest BCUT2D eigenvalue weighted by atomic mass is 16.5. The number of esters is 1. The number of hydrogen-bond acceptors (Lipinski definition) is 4. The highest BCUT2D eigenvalue weighted by molar-refractivity contribution is 5.69. The third kappa shape index (κ3) is 23.7. The summed E-state index contributed by atoms with van der Waals surface area (Å²) in [6.07, 6.45) is 24.2. The summed E-state index contributed by atoms with van der Waals surface area (Å²) in [7, 11) is 0. The molecule has 0 amide bonds. The molecule has 0 aromatic carbocycles. The van der Waals surface area contributed by atoms with E-state index in [2.05, 4.69) is 6.92 Å². The van der Waals surface area contributed by atoms with Gasteiger partial charge in [0.2, 0.25) is 0 Å². The second kappa shape index (κ2) is 24.7. The molecule has 0 aliphatic carbocycles. The zero-order valence-electron chi connectivity index (χ0n) is 20.1. The Hall–Kier alpha value is -0.610. The first-order valence-corrected chi connectivity index (χ1v) is 13.1. The highest BCUT2D eigenvalue weighted by Crippen LogP contribution is 2.13.